The van der Waals surface area contributed by atoms with E-state index < -0.39 is 0 Å². The maximum Gasteiger partial charge on any atom is 0.282 e. The number of fused-ring (bicyclic) bond motifs is 1. The maximum atomic E-state index is 13.1. The minimum atomic E-state index is -0.240. The van der Waals surface area contributed by atoms with Gasteiger partial charge in [0.25, 0.3) is 5.56 Å². The second kappa shape index (κ2) is 9.26. The molecule has 0 fully saturated rings. The molecule has 3 aromatic carbocycles. The van der Waals surface area contributed by atoms with E-state index in [-0.39, 0.29) is 12.2 Å². The molecule has 6 nitrogen and oxygen atoms in total. The van der Waals surface area contributed by atoms with Crippen molar-refractivity contribution in [3.05, 3.63) is 100 Å². The van der Waals surface area contributed by atoms with Crippen LogP contribution in [-0.2, 0) is 6.61 Å². The van der Waals surface area contributed by atoms with Crippen molar-refractivity contribution in [2.24, 2.45) is 5.10 Å². The molecule has 6 heteroatoms. The largest absolute Gasteiger partial charge is 0.494 e. The topological polar surface area (TPSA) is 65.7 Å². The van der Waals surface area contributed by atoms with Gasteiger partial charge in [0.2, 0.25) is 0 Å². The Labute approximate surface area is 180 Å². The van der Waals surface area contributed by atoms with Crippen LogP contribution in [0.25, 0.3) is 10.9 Å². The Kier molecular flexibility index (Phi) is 6.08. The number of ether oxygens (including phenoxy) is 2. The van der Waals surface area contributed by atoms with Gasteiger partial charge in [-0.15, -0.1) is 0 Å². The molecule has 0 aliphatic rings. The van der Waals surface area contributed by atoms with Crippen LogP contribution in [0.15, 0.2) is 82.7 Å². The fourth-order valence-electron chi connectivity index (χ4n) is 3.18. The molecule has 0 saturated carbocycles. The third-order valence-electron chi connectivity index (χ3n) is 4.78. The molecular formula is C25H23N3O3. The van der Waals surface area contributed by atoms with E-state index in [1.165, 1.54) is 4.68 Å². The highest BCUT2D eigenvalue weighted by atomic mass is 16.5. The zero-order chi connectivity index (χ0) is 21.6. The number of hydrogen-bond donors (Lipinski definition) is 0. The molecule has 4 rings (SSSR count). The van der Waals surface area contributed by atoms with Crippen molar-refractivity contribution >= 4 is 17.1 Å². The third-order valence-corrected chi connectivity index (χ3v) is 4.78. The van der Waals surface area contributed by atoms with E-state index in [1.807, 2.05) is 80.6 Å². The van der Waals surface area contributed by atoms with Crippen LogP contribution in [0, 0.1) is 6.92 Å². The first-order valence-corrected chi connectivity index (χ1v) is 10.1. The van der Waals surface area contributed by atoms with Gasteiger partial charge in [-0.3, -0.25) is 4.79 Å². The number of aryl methyl sites for hydroxylation is 1. The minimum absolute atomic E-state index is 0.117. The summed E-state index contributed by atoms with van der Waals surface area (Å²) in [6, 6.07) is 22.5. The first-order valence-electron chi connectivity index (χ1n) is 10.1. The molecule has 0 radical (unpaired) electrons. The number of aromatic nitrogens is 2. The van der Waals surface area contributed by atoms with E-state index in [9.17, 15) is 4.79 Å². The van der Waals surface area contributed by atoms with Crippen LogP contribution < -0.4 is 15.0 Å². The Morgan fingerprint density at radius 3 is 2.48 bits per heavy atom. The highest BCUT2D eigenvalue weighted by molar-refractivity contribution is 5.80. The first-order chi connectivity index (χ1) is 15.2. The van der Waals surface area contributed by atoms with Crippen molar-refractivity contribution in [1.29, 1.82) is 0 Å². The molecule has 1 aromatic heterocycles. The molecule has 0 unspecified atom stereocenters. The monoisotopic (exact) mass is 413 g/mol. The Morgan fingerprint density at radius 2 is 1.71 bits per heavy atom. The van der Waals surface area contributed by atoms with Gasteiger partial charge in [0, 0.05) is 0 Å². The lowest BCUT2D eigenvalue weighted by molar-refractivity contribution is 0.287. The summed E-state index contributed by atoms with van der Waals surface area (Å²) in [5.74, 6) is 1.96. The lowest BCUT2D eigenvalue weighted by atomic mass is 10.2. The van der Waals surface area contributed by atoms with Gasteiger partial charge >= 0.3 is 0 Å². The Balaban J connectivity index is 1.69. The smallest absolute Gasteiger partial charge is 0.282 e. The van der Waals surface area contributed by atoms with E-state index in [4.69, 9.17) is 9.47 Å². The van der Waals surface area contributed by atoms with Crippen molar-refractivity contribution in [1.82, 2.24) is 9.66 Å². The predicted octanol–water partition coefficient (Wildman–Crippen LogP) is 4.56. The van der Waals surface area contributed by atoms with Gasteiger partial charge in [0.1, 0.15) is 18.1 Å². The molecule has 156 valence electrons. The molecule has 0 aliphatic heterocycles. The van der Waals surface area contributed by atoms with Gasteiger partial charge in [-0.1, -0.05) is 30.3 Å². The summed E-state index contributed by atoms with van der Waals surface area (Å²) in [4.78, 5) is 17.8. The number of benzene rings is 3. The minimum Gasteiger partial charge on any atom is -0.494 e. The Bertz CT molecular complexity index is 1280. The van der Waals surface area contributed by atoms with Crippen LogP contribution in [0.4, 0.5) is 0 Å². The van der Waals surface area contributed by atoms with Crippen molar-refractivity contribution in [3.8, 4) is 11.5 Å². The molecule has 0 saturated heterocycles. The first kappa shape index (κ1) is 20.3. The summed E-state index contributed by atoms with van der Waals surface area (Å²) in [7, 11) is 0. The van der Waals surface area contributed by atoms with Crippen molar-refractivity contribution in [2.45, 2.75) is 20.5 Å². The number of nitrogens with zero attached hydrogens (tertiary/aromatic N) is 3. The molecule has 4 aromatic rings. The van der Waals surface area contributed by atoms with Gasteiger partial charge in [-0.2, -0.15) is 9.78 Å². The number of rotatable bonds is 7. The zero-order valence-corrected chi connectivity index (χ0v) is 17.5. The van der Waals surface area contributed by atoms with Crippen molar-refractivity contribution in [2.75, 3.05) is 6.61 Å². The molecule has 0 aliphatic carbocycles. The molecule has 0 amide bonds. The van der Waals surface area contributed by atoms with E-state index >= 15 is 0 Å². The molecule has 1 heterocycles. The molecular weight excluding hydrogens is 390 g/mol. The normalized spacial score (nSPS) is 11.2. The summed E-state index contributed by atoms with van der Waals surface area (Å²) in [5, 5.41) is 4.94. The second-order valence-corrected chi connectivity index (χ2v) is 6.96. The van der Waals surface area contributed by atoms with E-state index in [2.05, 4.69) is 10.1 Å². The van der Waals surface area contributed by atoms with Gasteiger partial charge in [-0.05, 0) is 67.4 Å². The predicted molar refractivity (Wildman–Crippen MR) is 122 cm³/mol. The van der Waals surface area contributed by atoms with Gasteiger partial charge in [0.15, 0.2) is 5.82 Å². The average Bonchev–Trinajstić information content (AvgIpc) is 2.79. The molecule has 31 heavy (non-hydrogen) atoms. The summed E-state index contributed by atoms with van der Waals surface area (Å²) < 4.78 is 12.7. The van der Waals surface area contributed by atoms with Crippen LogP contribution in [0.5, 0.6) is 11.5 Å². The fourth-order valence-corrected chi connectivity index (χ4v) is 3.18. The van der Waals surface area contributed by atoms with Crippen molar-refractivity contribution < 1.29 is 9.47 Å². The maximum absolute atomic E-state index is 13.1. The van der Waals surface area contributed by atoms with Crippen LogP contribution >= 0.6 is 0 Å². The average molecular weight is 413 g/mol. The van der Waals surface area contributed by atoms with E-state index in [0.29, 0.717) is 23.3 Å². The lowest BCUT2D eigenvalue weighted by Crippen LogP contribution is -2.23. The summed E-state index contributed by atoms with van der Waals surface area (Å²) in [6.45, 7) is 4.64. The molecule has 0 bridgehead atoms. The van der Waals surface area contributed by atoms with E-state index in [1.54, 1.807) is 12.3 Å². The van der Waals surface area contributed by atoms with Crippen LogP contribution in [0.1, 0.15) is 23.9 Å². The van der Waals surface area contributed by atoms with Crippen LogP contribution in [0.3, 0.4) is 0 Å². The SMILES string of the molecule is CCOc1ccc(/C=N\n2c(COc3ccccc3C)nc3ccccc3c2=O)cc1. The van der Waals surface area contributed by atoms with Gasteiger partial charge in [0.05, 0.1) is 23.7 Å². The summed E-state index contributed by atoms with van der Waals surface area (Å²) >= 11 is 0. The molecule has 0 spiro atoms. The fraction of sp³-hybridized carbons (Fsp3) is 0.160. The molecule has 0 atom stereocenters. The van der Waals surface area contributed by atoms with Crippen LogP contribution in [0.2, 0.25) is 0 Å². The number of para-hydroxylation sites is 2. The highest BCUT2D eigenvalue weighted by Gasteiger charge is 2.11. The quantitative estimate of drug-likeness (QED) is 0.417. The van der Waals surface area contributed by atoms with Crippen LogP contribution in [-0.4, -0.2) is 22.5 Å². The van der Waals surface area contributed by atoms with Crippen molar-refractivity contribution in [3.63, 3.8) is 0 Å². The summed E-state index contributed by atoms with van der Waals surface area (Å²) in [5.41, 5.74) is 2.23. The highest BCUT2D eigenvalue weighted by Crippen LogP contribution is 2.18. The zero-order valence-electron chi connectivity index (χ0n) is 17.5. The molecule has 0 N–H and O–H groups in total. The standard InChI is InChI=1S/C25H23N3O3/c1-3-30-20-14-12-19(13-15-20)16-26-28-24(17-31-23-11-7-4-8-18(23)2)27-22-10-6-5-9-21(22)25(28)29/h4-16H,3,17H2,1-2H3/b26-16-. The number of hydrogen-bond acceptors (Lipinski definition) is 5. The summed E-state index contributed by atoms with van der Waals surface area (Å²) in [6.07, 6.45) is 1.63. The van der Waals surface area contributed by atoms with Gasteiger partial charge < -0.3 is 9.47 Å². The Hall–Kier alpha value is -3.93. The van der Waals surface area contributed by atoms with E-state index in [0.717, 1.165) is 22.6 Å². The Morgan fingerprint density at radius 1 is 0.968 bits per heavy atom. The second-order valence-electron chi connectivity index (χ2n) is 6.96. The lowest BCUT2D eigenvalue weighted by Gasteiger charge is -2.12. The third kappa shape index (κ3) is 4.64. The van der Waals surface area contributed by atoms with Gasteiger partial charge in [-0.25, -0.2) is 4.98 Å².